The molecule has 76 heavy (non-hydrogen) atoms. The maximum atomic E-state index is 12.9. The van der Waals surface area contributed by atoms with Gasteiger partial charge in [-0.2, -0.15) is 0 Å². The Labute approximate surface area is 474 Å². The molecule has 0 N–H and O–H groups in total. The fourth-order valence-corrected chi connectivity index (χ4v) is 10.2. The number of allylic oxidation sites excluding steroid dienone is 6. The zero-order chi connectivity index (χ0) is 55.0. The number of hydrogen-bond donors (Lipinski definition) is 0. The minimum atomic E-state index is -0.778. The topological polar surface area (TPSA) is 78.9 Å². The molecule has 0 aromatic carbocycles. The maximum absolute atomic E-state index is 12.9. The minimum absolute atomic E-state index is 0.0741. The van der Waals surface area contributed by atoms with Crippen LogP contribution >= 0.6 is 0 Å². The molecule has 1 unspecified atom stereocenters. The average Bonchev–Trinajstić information content (AvgIpc) is 3.42. The van der Waals surface area contributed by atoms with Crippen molar-refractivity contribution < 1.29 is 28.6 Å². The second-order valence-electron chi connectivity index (χ2n) is 23.1. The first-order valence-corrected chi connectivity index (χ1v) is 34.0. The molecular formula is C70H130O6. The highest BCUT2D eigenvalue weighted by atomic mass is 16.6. The monoisotopic (exact) mass is 1070 g/mol. The molecule has 0 fully saturated rings. The molecule has 0 spiro atoms. The molecule has 0 saturated heterocycles. The quantitative estimate of drug-likeness (QED) is 0.0261. The molecule has 0 aromatic heterocycles. The number of carbonyl (C=O) groups excluding carboxylic acids is 3. The van der Waals surface area contributed by atoms with Gasteiger partial charge in [0, 0.05) is 19.3 Å². The number of esters is 3. The van der Waals surface area contributed by atoms with Crippen LogP contribution in [-0.2, 0) is 28.6 Å². The molecule has 0 aromatic rings. The van der Waals surface area contributed by atoms with Gasteiger partial charge in [0.15, 0.2) is 6.10 Å². The van der Waals surface area contributed by atoms with Crippen molar-refractivity contribution in [3.8, 4) is 0 Å². The Morgan fingerprint density at radius 2 is 0.487 bits per heavy atom. The third-order valence-electron chi connectivity index (χ3n) is 15.4. The first-order chi connectivity index (χ1) is 37.5. The van der Waals surface area contributed by atoms with Crippen LogP contribution in [0, 0.1) is 0 Å². The molecule has 0 amide bonds. The lowest BCUT2D eigenvalue weighted by molar-refractivity contribution is -0.167. The fraction of sp³-hybridized carbons (Fsp3) is 0.871. The van der Waals surface area contributed by atoms with Crippen LogP contribution in [0.4, 0.5) is 0 Å². The smallest absolute Gasteiger partial charge is 0.306 e. The number of unbranched alkanes of at least 4 members (excludes halogenated alkanes) is 46. The zero-order valence-corrected chi connectivity index (χ0v) is 51.3. The highest BCUT2D eigenvalue weighted by Gasteiger charge is 2.19. The van der Waals surface area contributed by atoms with Gasteiger partial charge >= 0.3 is 17.9 Å². The Bertz CT molecular complexity index is 1270. The summed E-state index contributed by atoms with van der Waals surface area (Å²) >= 11 is 0. The van der Waals surface area contributed by atoms with Gasteiger partial charge in [-0.1, -0.05) is 320 Å². The third kappa shape index (κ3) is 62.5. The van der Waals surface area contributed by atoms with Crippen molar-refractivity contribution in [2.45, 2.75) is 380 Å². The summed E-state index contributed by atoms with van der Waals surface area (Å²) in [7, 11) is 0. The molecule has 0 aliphatic rings. The van der Waals surface area contributed by atoms with Gasteiger partial charge < -0.3 is 14.2 Å². The SMILES string of the molecule is CCCC/C=C\CCCCCCCC(=O)OCC(COC(=O)CCCCCCCCCCCCCCCCCCCCCCCCCCCCCCC)OC(=O)CCCCCCCCC/C=C\C/C=C\CCCCCC. The largest absolute Gasteiger partial charge is 0.462 e. The summed E-state index contributed by atoms with van der Waals surface area (Å²) in [5.41, 5.74) is 0. The van der Waals surface area contributed by atoms with Crippen LogP contribution in [0.2, 0.25) is 0 Å². The van der Waals surface area contributed by atoms with Crippen molar-refractivity contribution in [1.29, 1.82) is 0 Å². The lowest BCUT2D eigenvalue weighted by Crippen LogP contribution is -2.30. The van der Waals surface area contributed by atoms with E-state index in [4.69, 9.17) is 14.2 Å². The molecule has 1 atom stereocenters. The van der Waals surface area contributed by atoms with Crippen molar-refractivity contribution in [2.24, 2.45) is 0 Å². The van der Waals surface area contributed by atoms with E-state index in [-0.39, 0.29) is 31.1 Å². The summed E-state index contributed by atoms with van der Waals surface area (Å²) in [4.78, 5) is 38.3. The molecule has 0 aliphatic heterocycles. The minimum Gasteiger partial charge on any atom is -0.462 e. The van der Waals surface area contributed by atoms with Gasteiger partial charge in [-0.25, -0.2) is 0 Å². The molecule has 0 bridgehead atoms. The average molecular weight is 1070 g/mol. The van der Waals surface area contributed by atoms with E-state index in [1.165, 1.54) is 257 Å². The normalized spacial score (nSPS) is 12.2. The predicted molar refractivity (Wildman–Crippen MR) is 330 cm³/mol. The second-order valence-corrected chi connectivity index (χ2v) is 23.1. The van der Waals surface area contributed by atoms with Gasteiger partial charge in [0.25, 0.3) is 0 Å². The summed E-state index contributed by atoms with van der Waals surface area (Å²) < 4.78 is 16.9. The first-order valence-electron chi connectivity index (χ1n) is 34.0. The molecule has 0 saturated carbocycles. The molecule has 0 rings (SSSR count). The summed E-state index contributed by atoms with van der Waals surface area (Å²) in [6.07, 6.45) is 80.4. The van der Waals surface area contributed by atoms with Gasteiger partial charge in [-0.15, -0.1) is 0 Å². The van der Waals surface area contributed by atoms with Crippen molar-refractivity contribution >= 4 is 17.9 Å². The van der Waals surface area contributed by atoms with Gasteiger partial charge in [0.05, 0.1) is 0 Å². The fourth-order valence-electron chi connectivity index (χ4n) is 10.2. The summed E-state index contributed by atoms with van der Waals surface area (Å²) in [5, 5.41) is 0. The lowest BCUT2D eigenvalue weighted by Gasteiger charge is -2.18. The van der Waals surface area contributed by atoms with E-state index in [2.05, 4.69) is 57.2 Å². The third-order valence-corrected chi connectivity index (χ3v) is 15.4. The molecule has 6 heteroatoms. The first kappa shape index (κ1) is 73.6. The van der Waals surface area contributed by atoms with Crippen LogP contribution in [0.3, 0.4) is 0 Å². The van der Waals surface area contributed by atoms with Crippen LogP contribution in [0.1, 0.15) is 374 Å². The lowest BCUT2D eigenvalue weighted by atomic mass is 10.0. The van der Waals surface area contributed by atoms with E-state index >= 15 is 0 Å². The van der Waals surface area contributed by atoms with Crippen molar-refractivity contribution in [1.82, 2.24) is 0 Å². The molecule has 0 heterocycles. The molecule has 446 valence electrons. The van der Waals surface area contributed by atoms with E-state index in [9.17, 15) is 14.4 Å². The zero-order valence-electron chi connectivity index (χ0n) is 51.3. The second kappa shape index (κ2) is 65.2. The number of ether oxygens (including phenoxy) is 3. The van der Waals surface area contributed by atoms with Crippen molar-refractivity contribution in [3.05, 3.63) is 36.5 Å². The van der Waals surface area contributed by atoms with Gasteiger partial charge in [0.1, 0.15) is 13.2 Å². The Hall–Kier alpha value is -2.37. The van der Waals surface area contributed by atoms with Gasteiger partial charge in [0.2, 0.25) is 0 Å². The van der Waals surface area contributed by atoms with Gasteiger partial charge in [-0.3, -0.25) is 14.4 Å². The maximum Gasteiger partial charge on any atom is 0.306 e. The molecular weight excluding hydrogens is 937 g/mol. The Balaban J connectivity index is 4.14. The van der Waals surface area contributed by atoms with Crippen LogP contribution in [0.5, 0.6) is 0 Å². The Kier molecular flexibility index (Phi) is 63.1. The Morgan fingerprint density at radius 1 is 0.263 bits per heavy atom. The number of hydrogen-bond acceptors (Lipinski definition) is 6. The summed E-state index contributed by atoms with van der Waals surface area (Å²) in [6.45, 7) is 6.63. The van der Waals surface area contributed by atoms with E-state index in [1.807, 2.05) is 0 Å². The van der Waals surface area contributed by atoms with E-state index in [0.717, 1.165) is 77.0 Å². The molecule has 0 aliphatic carbocycles. The number of rotatable bonds is 63. The summed E-state index contributed by atoms with van der Waals surface area (Å²) in [6, 6.07) is 0. The van der Waals surface area contributed by atoms with Crippen LogP contribution in [-0.4, -0.2) is 37.2 Å². The highest BCUT2D eigenvalue weighted by molar-refractivity contribution is 5.71. The highest BCUT2D eigenvalue weighted by Crippen LogP contribution is 2.18. The van der Waals surface area contributed by atoms with Crippen LogP contribution in [0.25, 0.3) is 0 Å². The number of carbonyl (C=O) groups is 3. The molecule has 6 nitrogen and oxygen atoms in total. The summed E-state index contributed by atoms with van der Waals surface area (Å²) in [5.74, 6) is -0.870. The van der Waals surface area contributed by atoms with E-state index in [1.54, 1.807) is 0 Å². The van der Waals surface area contributed by atoms with Gasteiger partial charge in [-0.05, 0) is 70.6 Å². The molecule has 0 radical (unpaired) electrons. The standard InChI is InChI=1S/C70H130O6/c1-4-7-10-13-16-19-22-24-26-28-30-31-32-33-34-35-36-37-38-39-40-42-43-45-48-51-54-57-60-63-69(72)75-66-67(65-74-68(71)62-59-56-53-50-47-21-18-15-12-9-6-3)76-70(73)64-61-58-55-52-49-46-44-41-29-27-25-23-20-17-14-11-8-5-2/h15,18,20,23,27,29,67H,4-14,16-17,19,21-22,24-26,28,30-66H2,1-3H3/b18-15-,23-20-,29-27-. The van der Waals surface area contributed by atoms with Crippen molar-refractivity contribution in [2.75, 3.05) is 13.2 Å². The van der Waals surface area contributed by atoms with E-state index in [0.29, 0.717) is 19.3 Å². The van der Waals surface area contributed by atoms with E-state index < -0.39 is 6.10 Å². The Morgan fingerprint density at radius 3 is 0.789 bits per heavy atom. The van der Waals surface area contributed by atoms with Crippen molar-refractivity contribution in [3.63, 3.8) is 0 Å². The predicted octanol–water partition coefficient (Wildman–Crippen LogP) is 23.2. The van der Waals surface area contributed by atoms with Crippen LogP contribution in [0.15, 0.2) is 36.5 Å². The van der Waals surface area contributed by atoms with Crippen LogP contribution < -0.4 is 0 Å².